The molecule has 0 aliphatic rings. The lowest BCUT2D eigenvalue weighted by molar-refractivity contribution is 0.210. The summed E-state index contributed by atoms with van der Waals surface area (Å²) >= 11 is 12.5. The van der Waals surface area contributed by atoms with Gasteiger partial charge in [-0.1, -0.05) is 86.3 Å². The van der Waals surface area contributed by atoms with E-state index in [1.165, 1.54) is 21.6 Å². The standard InChI is InChI=1S/C26H34Cl2N2O2S2/c1-25(2,3)19-7-17(9-21(27)11-19)13-29-23(31)15-33-34-16-24(32)30-14-18-8-20(26(4,5)6)12-22(28)10-18/h7-14,23-24,31-32H,15-16H2,1-6H3. The Balaban J connectivity index is 1.81. The Bertz CT molecular complexity index is 933. The molecule has 2 N–H and O–H groups in total. The number of hydrogen-bond acceptors (Lipinski definition) is 6. The van der Waals surface area contributed by atoms with Gasteiger partial charge in [0.05, 0.1) is 11.5 Å². The van der Waals surface area contributed by atoms with Gasteiger partial charge in [-0.2, -0.15) is 0 Å². The molecule has 0 fully saturated rings. The van der Waals surface area contributed by atoms with E-state index in [1.54, 1.807) is 12.4 Å². The fraction of sp³-hybridized carbons (Fsp3) is 0.462. The summed E-state index contributed by atoms with van der Waals surface area (Å²) in [7, 11) is 2.87. The van der Waals surface area contributed by atoms with Gasteiger partial charge in [0, 0.05) is 22.5 Å². The van der Waals surface area contributed by atoms with Gasteiger partial charge in [0.1, 0.15) is 0 Å². The molecule has 186 valence electrons. The Morgan fingerprint density at radius 2 is 1.06 bits per heavy atom. The molecule has 0 spiro atoms. The number of aliphatic hydroxyl groups excluding tert-OH is 2. The molecule has 0 aliphatic carbocycles. The van der Waals surface area contributed by atoms with Crippen LogP contribution in [0.4, 0.5) is 0 Å². The van der Waals surface area contributed by atoms with Crippen LogP contribution in [0.2, 0.25) is 10.0 Å². The molecule has 0 heterocycles. The first kappa shape index (κ1) is 29.2. The van der Waals surface area contributed by atoms with Gasteiger partial charge < -0.3 is 10.2 Å². The first-order valence-electron chi connectivity index (χ1n) is 11.0. The topological polar surface area (TPSA) is 65.2 Å². The molecule has 4 nitrogen and oxygen atoms in total. The molecule has 2 aromatic carbocycles. The van der Waals surface area contributed by atoms with Crippen molar-refractivity contribution in [1.82, 2.24) is 0 Å². The van der Waals surface area contributed by atoms with Gasteiger partial charge in [0.15, 0.2) is 12.5 Å². The van der Waals surface area contributed by atoms with E-state index in [2.05, 4.69) is 51.5 Å². The molecule has 2 aromatic rings. The van der Waals surface area contributed by atoms with Crippen molar-refractivity contribution in [2.75, 3.05) is 11.5 Å². The first-order chi connectivity index (χ1) is 15.7. The normalized spacial score (nSPS) is 14.8. The molecule has 2 atom stereocenters. The van der Waals surface area contributed by atoms with Crippen LogP contribution >= 0.6 is 44.8 Å². The van der Waals surface area contributed by atoms with Gasteiger partial charge in [-0.3, -0.25) is 9.98 Å². The highest BCUT2D eigenvalue weighted by atomic mass is 35.5. The Kier molecular flexibility index (Phi) is 11.0. The lowest BCUT2D eigenvalue weighted by Crippen LogP contribution is -2.12. The van der Waals surface area contributed by atoms with Gasteiger partial charge in [-0.05, 0) is 69.5 Å². The van der Waals surface area contributed by atoms with Crippen LogP contribution < -0.4 is 0 Å². The van der Waals surface area contributed by atoms with E-state index in [4.69, 9.17) is 23.2 Å². The van der Waals surface area contributed by atoms with E-state index in [1.807, 2.05) is 36.4 Å². The molecule has 0 aromatic heterocycles. The Morgan fingerprint density at radius 1 is 0.706 bits per heavy atom. The second-order valence-corrected chi connectivity index (χ2v) is 13.6. The van der Waals surface area contributed by atoms with E-state index in [0.717, 1.165) is 22.3 Å². The number of benzene rings is 2. The van der Waals surface area contributed by atoms with Crippen molar-refractivity contribution in [2.24, 2.45) is 9.98 Å². The average Bonchev–Trinajstić information content (AvgIpc) is 2.72. The maximum absolute atomic E-state index is 10.2. The largest absolute Gasteiger partial charge is 0.371 e. The van der Waals surface area contributed by atoms with Crippen molar-refractivity contribution < 1.29 is 10.2 Å². The van der Waals surface area contributed by atoms with Crippen LogP contribution in [0.25, 0.3) is 0 Å². The third-order valence-electron chi connectivity index (χ3n) is 4.88. The summed E-state index contributed by atoms with van der Waals surface area (Å²) in [5.41, 5.74) is 3.89. The number of rotatable bonds is 9. The van der Waals surface area contributed by atoms with Crippen LogP contribution in [0, 0.1) is 0 Å². The van der Waals surface area contributed by atoms with Crippen molar-refractivity contribution >= 4 is 57.2 Å². The Morgan fingerprint density at radius 3 is 1.38 bits per heavy atom. The maximum atomic E-state index is 10.2. The second kappa shape index (κ2) is 12.8. The molecule has 2 rings (SSSR count). The van der Waals surface area contributed by atoms with Gasteiger partial charge in [0.25, 0.3) is 0 Å². The summed E-state index contributed by atoms with van der Waals surface area (Å²) in [6.45, 7) is 12.7. The van der Waals surface area contributed by atoms with Crippen molar-refractivity contribution in [3.05, 3.63) is 68.7 Å². The molecule has 0 radical (unpaired) electrons. The molecule has 8 heteroatoms. The summed E-state index contributed by atoms with van der Waals surface area (Å²) < 4.78 is 0. The minimum absolute atomic E-state index is 0.0242. The zero-order valence-electron chi connectivity index (χ0n) is 20.5. The van der Waals surface area contributed by atoms with E-state index >= 15 is 0 Å². The molecule has 0 saturated heterocycles. The number of hydrogen-bond donors (Lipinski definition) is 2. The summed E-state index contributed by atoms with van der Waals surface area (Å²) in [5.74, 6) is 0.793. The zero-order chi connectivity index (χ0) is 25.5. The second-order valence-electron chi connectivity index (χ2n) is 10.1. The van der Waals surface area contributed by atoms with Crippen LogP contribution in [0.15, 0.2) is 46.4 Å². The monoisotopic (exact) mass is 540 g/mol. The number of aliphatic hydroxyl groups is 2. The third-order valence-corrected chi connectivity index (χ3v) is 7.67. The summed E-state index contributed by atoms with van der Waals surface area (Å²) in [6.07, 6.45) is 1.59. The molecule has 0 amide bonds. The van der Waals surface area contributed by atoms with Crippen LogP contribution in [0.5, 0.6) is 0 Å². The SMILES string of the molecule is CC(C)(C)c1cc(Cl)cc(C=NC(O)CSSCC(O)N=Cc2cc(Cl)cc(C(C)(C)C)c2)c1. The van der Waals surface area contributed by atoms with E-state index in [-0.39, 0.29) is 10.8 Å². The smallest absolute Gasteiger partial charge is 0.154 e. The van der Waals surface area contributed by atoms with Gasteiger partial charge in [0.2, 0.25) is 0 Å². The number of halogens is 2. The van der Waals surface area contributed by atoms with Crippen LogP contribution in [0.1, 0.15) is 63.8 Å². The first-order valence-corrected chi connectivity index (χ1v) is 14.3. The Hall–Kier alpha value is -1.02. The van der Waals surface area contributed by atoms with Crippen molar-refractivity contribution in [3.8, 4) is 0 Å². The average molecular weight is 542 g/mol. The quantitative estimate of drug-likeness (QED) is 0.201. The molecule has 0 aliphatic heterocycles. The molecule has 0 bridgehead atoms. The van der Waals surface area contributed by atoms with Crippen LogP contribution in [-0.4, -0.2) is 46.6 Å². The number of nitrogens with zero attached hydrogens (tertiary/aromatic N) is 2. The maximum Gasteiger partial charge on any atom is 0.154 e. The minimum Gasteiger partial charge on any atom is -0.371 e. The fourth-order valence-corrected chi connectivity index (χ4v) is 5.29. The summed E-state index contributed by atoms with van der Waals surface area (Å²) in [5, 5.41) is 21.6. The highest BCUT2D eigenvalue weighted by Gasteiger charge is 2.16. The molecule has 0 saturated carbocycles. The number of aliphatic imine (C=N–C) groups is 2. The fourth-order valence-electron chi connectivity index (χ4n) is 2.89. The minimum atomic E-state index is -0.850. The Labute approximate surface area is 221 Å². The molecular formula is C26H34Cl2N2O2S2. The molecule has 34 heavy (non-hydrogen) atoms. The highest BCUT2D eigenvalue weighted by Crippen LogP contribution is 2.28. The zero-order valence-corrected chi connectivity index (χ0v) is 23.7. The third kappa shape index (κ3) is 10.3. The van der Waals surface area contributed by atoms with Crippen LogP contribution in [0.3, 0.4) is 0 Å². The molecule has 2 unspecified atom stereocenters. The predicted octanol–water partition coefficient (Wildman–Crippen LogP) is 7.14. The predicted molar refractivity (Wildman–Crippen MR) is 152 cm³/mol. The summed E-state index contributed by atoms with van der Waals surface area (Å²) in [6, 6.07) is 11.6. The van der Waals surface area contributed by atoms with Gasteiger partial charge >= 0.3 is 0 Å². The molecular weight excluding hydrogens is 507 g/mol. The van der Waals surface area contributed by atoms with E-state index in [9.17, 15) is 10.2 Å². The van der Waals surface area contributed by atoms with E-state index in [0.29, 0.717) is 21.6 Å². The highest BCUT2D eigenvalue weighted by molar-refractivity contribution is 8.76. The van der Waals surface area contributed by atoms with Crippen molar-refractivity contribution in [3.63, 3.8) is 0 Å². The van der Waals surface area contributed by atoms with Crippen molar-refractivity contribution in [1.29, 1.82) is 0 Å². The lowest BCUT2D eigenvalue weighted by Gasteiger charge is -2.19. The lowest BCUT2D eigenvalue weighted by atomic mass is 9.86. The van der Waals surface area contributed by atoms with Gasteiger partial charge in [-0.15, -0.1) is 0 Å². The van der Waals surface area contributed by atoms with Gasteiger partial charge in [-0.25, -0.2) is 0 Å². The van der Waals surface area contributed by atoms with Crippen LogP contribution in [-0.2, 0) is 10.8 Å². The van der Waals surface area contributed by atoms with Crippen molar-refractivity contribution in [2.45, 2.75) is 64.8 Å². The van der Waals surface area contributed by atoms with E-state index < -0.39 is 12.5 Å². The summed E-state index contributed by atoms with van der Waals surface area (Å²) in [4.78, 5) is 8.44.